The molecule has 2 N–H and O–H groups in total. The van der Waals surface area contributed by atoms with Gasteiger partial charge in [-0.05, 0) is 61.7 Å². The summed E-state index contributed by atoms with van der Waals surface area (Å²) in [5.41, 5.74) is 8.19. The summed E-state index contributed by atoms with van der Waals surface area (Å²) in [5.74, 6) is 1.72. The average molecular weight is 320 g/mol. The lowest BCUT2D eigenvalue weighted by Crippen LogP contribution is -2.18. The van der Waals surface area contributed by atoms with Gasteiger partial charge in [-0.1, -0.05) is 28.1 Å². The van der Waals surface area contributed by atoms with Crippen LogP contribution in [0.2, 0.25) is 0 Å². The van der Waals surface area contributed by atoms with Crippen LogP contribution in [-0.2, 0) is 6.42 Å². The van der Waals surface area contributed by atoms with E-state index < -0.39 is 0 Å². The van der Waals surface area contributed by atoms with Crippen LogP contribution in [0.15, 0.2) is 46.9 Å². The van der Waals surface area contributed by atoms with Crippen molar-refractivity contribution in [1.82, 2.24) is 0 Å². The van der Waals surface area contributed by atoms with Crippen molar-refractivity contribution in [2.24, 2.45) is 5.73 Å². The van der Waals surface area contributed by atoms with Crippen LogP contribution in [0.5, 0.6) is 11.5 Å². The number of hydrogen-bond donors (Lipinski definition) is 1. The average Bonchev–Trinajstić information content (AvgIpc) is 2.32. The first kappa shape index (κ1) is 14.1. The van der Waals surface area contributed by atoms with Crippen molar-refractivity contribution in [1.29, 1.82) is 0 Å². The van der Waals surface area contributed by atoms with E-state index in [1.54, 1.807) is 0 Å². The number of benzene rings is 2. The Balaban J connectivity index is 2.28. The molecule has 0 radical (unpaired) electrons. The molecule has 2 rings (SSSR count). The predicted octanol–water partition coefficient (Wildman–Crippen LogP) is 4.44. The second-order valence-electron chi connectivity index (χ2n) is 4.85. The summed E-state index contributed by atoms with van der Waals surface area (Å²) in [7, 11) is 0. The number of aryl methyl sites for hydroxylation is 1. The smallest absolute Gasteiger partial charge is 0.130 e. The third-order valence-corrected chi connectivity index (χ3v) is 3.28. The lowest BCUT2D eigenvalue weighted by molar-refractivity contribution is 0.473. The quantitative estimate of drug-likeness (QED) is 0.904. The molecule has 2 aromatic rings. The summed E-state index contributed by atoms with van der Waals surface area (Å²) >= 11 is 3.49. The zero-order chi connectivity index (χ0) is 13.8. The molecular formula is C16H18BrNO. The van der Waals surface area contributed by atoms with Crippen LogP contribution >= 0.6 is 15.9 Å². The molecule has 2 aromatic carbocycles. The molecule has 0 aromatic heterocycles. The second-order valence-corrected chi connectivity index (χ2v) is 5.77. The zero-order valence-corrected chi connectivity index (χ0v) is 12.8. The fraction of sp³-hybridized carbons (Fsp3) is 0.250. The van der Waals surface area contributed by atoms with Gasteiger partial charge in [0.05, 0.1) is 0 Å². The van der Waals surface area contributed by atoms with Gasteiger partial charge in [0.15, 0.2) is 0 Å². The van der Waals surface area contributed by atoms with Crippen molar-refractivity contribution < 1.29 is 4.74 Å². The number of rotatable bonds is 4. The maximum absolute atomic E-state index is 5.97. The molecule has 0 saturated carbocycles. The van der Waals surface area contributed by atoms with Crippen molar-refractivity contribution in [2.75, 3.05) is 0 Å². The van der Waals surface area contributed by atoms with Crippen molar-refractivity contribution in [3.63, 3.8) is 0 Å². The normalized spacial score (nSPS) is 12.2. The lowest BCUT2D eigenvalue weighted by Gasteiger charge is -2.13. The number of halogens is 1. The first-order chi connectivity index (χ1) is 9.04. The highest BCUT2D eigenvalue weighted by atomic mass is 79.9. The summed E-state index contributed by atoms with van der Waals surface area (Å²) in [6.07, 6.45) is 0.792. The second kappa shape index (κ2) is 6.22. The highest BCUT2D eigenvalue weighted by Crippen LogP contribution is 2.29. The molecule has 0 bridgehead atoms. The van der Waals surface area contributed by atoms with E-state index in [-0.39, 0.29) is 6.04 Å². The molecular weight excluding hydrogens is 302 g/mol. The third kappa shape index (κ3) is 4.08. The molecule has 0 heterocycles. The molecule has 0 amide bonds. The van der Waals surface area contributed by atoms with E-state index in [1.165, 1.54) is 5.56 Å². The topological polar surface area (TPSA) is 35.2 Å². The van der Waals surface area contributed by atoms with Gasteiger partial charge in [0.2, 0.25) is 0 Å². The molecule has 19 heavy (non-hydrogen) atoms. The van der Waals surface area contributed by atoms with Crippen LogP contribution in [0.25, 0.3) is 0 Å². The molecule has 0 aliphatic rings. The van der Waals surface area contributed by atoms with Gasteiger partial charge in [-0.2, -0.15) is 0 Å². The highest BCUT2D eigenvalue weighted by molar-refractivity contribution is 9.10. The Labute approximate surface area is 122 Å². The Morgan fingerprint density at radius 1 is 1.21 bits per heavy atom. The first-order valence-electron chi connectivity index (χ1n) is 6.33. The monoisotopic (exact) mass is 319 g/mol. The maximum Gasteiger partial charge on any atom is 0.130 e. The van der Waals surface area contributed by atoms with E-state index in [1.807, 2.05) is 37.3 Å². The Kier molecular flexibility index (Phi) is 4.61. The predicted molar refractivity (Wildman–Crippen MR) is 82.7 cm³/mol. The summed E-state index contributed by atoms with van der Waals surface area (Å²) in [5, 5.41) is 0. The first-order valence-corrected chi connectivity index (χ1v) is 7.12. The molecule has 100 valence electrons. The molecule has 0 aliphatic heterocycles. The van der Waals surface area contributed by atoms with Crippen LogP contribution in [0, 0.1) is 6.92 Å². The summed E-state index contributed by atoms with van der Waals surface area (Å²) < 4.78 is 7.01. The van der Waals surface area contributed by atoms with Gasteiger partial charge in [0.25, 0.3) is 0 Å². The minimum atomic E-state index is 0.106. The van der Waals surface area contributed by atoms with Crippen molar-refractivity contribution in [3.8, 4) is 11.5 Å². The summed E-state index contributed by atoms with van der Waals surface area (Å²) in [4.78, 5) is 0. The summed E-state index contributed by atoms with van der Waals surface area (Å²) in [6, 6.07) is 14.2. The molecule has 1 atom stereocenters. The molecule has 0 fully saturated rings. The van der Waals surface area contributed by atoms with Crippen LogP contribution in [0.4, 0.5) is 0 Å². The van der Waals surface area contributed by atoms with E-state index in [9.17, 15) is 0 Å². The Hall–Kier alpha value is -1.32. The molecule has 2 nitrogen and oxygen atoms in total. The van der Waals surface area contributed by atoms with E-state index in [0.29, 0.717) is 0 Å². The zero-order valence-electron chi connectivity index (χ0n) is 11.2. The van der Waals surface area contributed by atoms with Gasteiger partial charge in [-0.15, -0.1) is 0 Å². The summed E-state index contributed by atoms with van der Waals surface area (Å²) in [6.45, 7) is 4.05. The van der Waals surface area contributed by atoms with Crippen molar-refractivity contribution in [3.05, 3.63) is 58.1 Å². The Morgan fingerprint density at radius 2 is 2.00 bits per heavy atom. The number of ether oxygens (including phenoxy) is 1. The minimum absolute atomic E-state index is 0.106. The number of hydrogen-bond acceptors (Lipinski definition) is 2. The van der Waals surface area contributed by atoms with Gasteiger partial charge in [-0.25, -0.2) is 0 Å². The van der Waals surface area contributed by atoms with E-state index in [2.05, 4.69) is 35.0 Å². The largest absolute Gasteiger partial charge is 0.457 e. The van der Waals surface area contributed by atoms with E-state index in [0.717, 1.165) is 28.0 Å². The highest BCUT2D eigenvalue weighted by Gasteiger charge is 2.08. The fourth-order valence-electron chi connectivity index (χ4n) is 1.96. The Bertz CT molecular complexity index is 566. The van der Waals surface area contributed by atoms with Gasteiger partial charge < -0.3 is 10.5 Å². The lowest BCUT2D eigenvalue weighted by atomic mass is 10.1. The minimum Gasteiger partial charge on any atom is -0.457 e. The molecule has 0 saturated heterocycles. The molecule has 0 aliphatic carbocycles. The Morgan fingerprint density at radius 3 is 2.68 bits per heavy atom. The van der Waals surface area contributed by atoms with Crippen LogP contribution in [0.3, 0.4) is 0 Å². The van der Waals surface area contributed by atoms with E-state index >= 15 is 0 Å². The maximum atomic E-state index is 5.97. The standard InChI is InChI=1S/C16H18BrNO/c1-11-4-3-5-15(8-11)19-16-7-6-14(17)10-13(16)9-12(2)18/h3-8,10,12H,9,18H2,1-2H3. The third-order valence-electron chi connectivity index (χ3n) is 2.78. The van der Waals surface area contributed by atoms with Crippen molar-refractivity contribution in [2.45, 2.75) is 26.3 Å². The van der Waals surface area contributed by atoms with Gasteiger partial charge in [0.1, 0.15) is 11.5 Å². The van der Waals surface area contributed by atoms with E-state index in [4.69, 9.17) is 10.5 Å². The van der Waals surface area contributed by atoms with Crippen LogP contribution < -0.4 is 10.5 Å². The van der Waals surface area contributed by atoms with Crippen LogP contribution in [0.1, 0.15) is 18.1 Å². The molecule has 0 spiro atoms. The SMILES string of the molecule is Cc1cccc(Oc2ccc(Br)cc2CC(C)N)c1. The van der Waals surface area contributed by atoms with Gasteiger partial charge >= 0.3 is 0 Å². The fourth-order valence-corrected chi connectivity index (χ4v) is 2.37. The van der Waals surface area contributed by atoms with Gasteiger partial charge in [0, 0.05) is 10.5 Å². The van der Waals surface area contributed by atoms with Gasteiger partial charge in [-0.3, -0.25) is 0 Å². The van der Waals surface area contributed by atoms with Crippen LogP contribution in [-0.4, -0.2) is 6.04 Å². The number of nitrogens with two attached hydrogens (primary N) is 1. The molecule has 1 unspecified atom stereocenters. The molecule has 3 heteroatoms. The van der Waals surface area contributed by atoms with Crippen molar-refractivity contribution >= 4 is 15.9 Å².